The predicted octanol–water partition coefficient (Wildman–Crippen LogP) is 0.815. The fraction of sp³-hybridized carbons (Fsp3) is 0.314. The molecule has 2 fully saturated rings. The molecule has 2 aliphatic heterocycles. The molecule has 2 aliphatic rings. The highest BCUT2D eigenvalue weighted by molar-refractivity contribution is 5.89. The first kappa shape index (κ1) is 36.5. The van der Waals surface area contributed by atoms with Gasteiger partial charge in [0, 0.05) is 24.3 Å². The van der Waals surface area contributed by atoms with Gasteiger partial charge in [-0.3, -0.25) is 0 Å². The van der Waals surface area contributed by atoms with Crippen LogP contribution in [0.4, 0.5) is 0 Å². The van der Waals surface area contributed by atoms with Crippen LogP contribution in [-0.2, 0) is 23.7 Å². The number of benzene rings is 3. The zero-order valence-corrected chi connectivity index (χ0v) is 26.9. The Hall–Kier alpha value is -5.24. The molecule has 4 aromatic rings. The predicted molar refractivity (Wildman–Crippen MR) is 175 cm³/mol. The summed E-state index contributed by atoms with van der Waals surface area (Å²) in [6, 6.07) is 13.0. The lowest BCUT2D eigenvalue weighted by atomic mass is 9.98. The summed E-state index contributed by atoms with van der Waals surface area (Å²) >= 11 is 0. The largest absolute Gasteiger partial charge is 0.508 e. The second-order valence-electron chi connectivity index (χ2n) is 12.1. The molecule has 0 bridgehead atoms. The molecule has 3 unspecified atom stereocenters. The molecule has 0 radical (unpaired) electrons. The van der Waals surface area contributed by atoms with Crippen LogP contribution in [-0.4, -0.2) is 126 Å². The van der Waals surface area contributed by atoms with Crippen LogP contribution < -0.4 is 4.74 Å². The van der Waals surface area contributed by atoms with Crippen molar-refractivity contribution in [2.75, 3.05) is 13.2 Å². The van der Waals surface area contributed by atoms with Gasteiger partial charge in [-0.15, -0.1) is 0 Å². The highest BCUT2D eigenvalue weighted by Gasteiger charge is 2.51. The second-order valence-corrected chi connectivity index (χ2v) is 12.1. The smallest absolute Gasteiger partial charge is 0.402 e. The third-order valence-corrected chi connectivity index (χ3v) is 8.38. The van der Waals surface area contributed by atoms with Crippen molar-refractivity contribution in [1.29, 1.82) is 0 Å². The van der Waals surface area contributed by atoms with E-state index < -0.39 is 91.7 Å². The summed E-state index contributed by atoms with van der Waals surface area (Å²) in [6.45, 7) is -1.10. The number of rotatable bonds is 9. The summed E-state index contributed by atoms with van der Waals surface area (Å²) in [5.74, 6) is -3.03. The molecule has 10 N–H and O–H groups in total. The van der Waals surface area contributed by atoms with Crippen LogP contribution >= 0.6 is 0 Å². The molecule has 17 heteroatoms. The third kappa shape index (κ3) is 7.81. The van der Waals surface area contributed by atoms with Crippen molar-refractivity contribution in [3.05, 3.63) is 72.3 Å². The fourth-order valence-corrected chi connectivity index (χ4v) is 5.56. The van der Waals surface area contributed by atoms with Crippen molar-refractivity contribution < 1.29 is 84.0 Å². The zero-order valence-electron chi connectivity index (χ0n) is 26.9. The molecule has 9 atom stereocenters. The fourth-order valence-electron chi connectivity index (χ4n) is 5.56. The molecular weight excluding hydrogens is 692 g/mol. The van der Waals surface area contributed by atoms with Gasteiger partial charge in [0.2, 0.25) is 12.0 Å². The maximum absolute atomic E-state index is 12.5. The van der Waals surface area contributed by atoms with Gasteiger partial charge in [-0.05, 0) is 35.9 Å². The number of aliphatic hydroxyl groups is 5. The summed E-state index contributed by atoms with van der Waals surface area (Å²) in [5, 5.41) is 103. The summed E-state index contributed by atoms with van der Waals surface area (Å²) in [4.78, 5) is 12.5. The quantitative estimate of drug-likeness (QED) is 0.0494. The molecule has 0 spiro atoms. The number of phenols is 5. The van der Waals surface area contributed by atoms with Gasteiger partial charge >= 0.3 is 17.3 Å². The highest BCUT2D eigenvalue weighted by atomic mass is 16.8. The number of hydrogen-bond donors (Lipinski definition) is 10. The molecular formula is C35H35O17+. The number of carbonyl (C=O) groups is 1. The highest BCUT2D eigenvalue weighted by Crippen LogP contribution is 2.42. The molecule has 3 heterocycles. The maximum atomic E-state index is 12.5. The Bertz CT molecular complexity index is 1930. The number of esters is 1. The van der Waals surface area contributed by atoms with Gasteiger partial charge in [0.25, 0.3) is 0 Å². The van der Waals surface area contributed by atoms with Crippen molar-refractivity contribution in [1.82, 2.24) is 0 Å². The Morgan fingerprint density at radius 3 is 2.27 bits per heavy atom. The van der Waals surface area contributed by atoms with Crippen LogP contribution in [0.2, 0.25) is 0 Å². The van der Waals surface area contributed by atoms with Crippen LogP contribution in [0, 0.1) is 0 Å². The van der Waals surface area contributed by atoms with Gasteiger partial charge in [0.1, 0.15) is 65.9 Å². The maximum Gasteiger partial charge on any atom is 0.402 e. The zero-order chi connectivity index (χ0) is 37.3. The van der Waals surface area contributed by atoms with E-state index in [9.17, 15) is 55.9 Å². The van der Waals surface area contributed by atoms with Crippen LogP contribution in [0.3, 0.4) is 0 Å². The van der Waals surface area contributed by atoms with Crippen molar-refractivity contribution in [3.8, 4) is 45.8 Å². The summed E-state index contributed by atoms with van der Waals surface area (Å²) < 4.78 is 34.5. The standard InChI is InChI=1S/C35H34O17/c36-17-5-1-15(2-6-17)3-8-27(42)47-14-26-29(44)30(45)33(52-34-31(46)28(43)23(41)13-48-34)35(51-26)50-25-12-19-21(39)10-18(37)11-24(19)49-32(25)16-4-7-20(38)22(40)9-16/h1-12,23,26,28-31,33-35,41,43-46H,13-14H2,(H4-,36,37,38,39,40,42)/p+1/t23?,26-,28+,29-,30+,31-,33?,34-,35?/m0/s1. The average molecular weight is 728 g/mol. The minimum Gasteiger partial charge on any atom is -0.508 e. The average Bonchev–Trinajstić information content (AvgIpc) is 3.11. The number of fused-ring (bicyclic) bond motifs is 1. The second kappa shape index (κ2) is 15.2. The van der Waals surface area contributed by atoms with Gasteiger partial charge < -0.3 is 74.7 Å². The van der Waals surface area contributed by atoms with E-state index in [1.54, 1.807) is 12.1 Å². The molecule has 6 rings (SSSR count). The van der Waals surface area contributed by atoms with Crippen molar-refractivity contribution in [3.63, 3.8) is 0 Å². The Kier molecular flexibility index (Phi) is 10.7. The minimum atomic E-state index is -1.90. The molecule has 3 aromatic carbocycles. The van der Waals surface area contributed by atoms with Crippen molar-refractivity contribution in [2.24, 2.45) is 0 Å². The number of phenolic OH excluding ortho intramolecular Hbond substituents is 5. The molecule has 0 amide bonds. The van der Waals surface area contributed by atoms with Gasteiger partial charge in [0.15, 0.2) is 23.9 Å². The number of ether oxygens (including phenoxy) is 5. The molecule has 276 valence electrons. The Labute approximate surface area is 293 Å². The van der Waals surface area contributed by atoms with E-state index in [0.717, 1.165) is 24.3 Å². The number of aromatic hydroxyl groups is 5. The van der Waals surface area contributed by atoms with E-state index in [0.29, 0.717) is 5.56 Å². The van der Waals surface area contributed by atoms with E-state index in [1.165, 1.54) is 36.4 Å². The summed E-state index contributed by atoms with van der Waals surface area (Å²) in [6.07, 6.45) is -12.9. The third-order valence-electron chi connectivity index (χ3n) is 8.38. The monoisotopic (exact) mass is 727 g/mol. The number of hydrogen-bond acceptors (Lipinski definition) is 16. The summed E-state index contributed by atoms with van der Waals surface area (Å²) in [7, 11) is 0. The number of aliphatic hydroxyl groups excluding tert-OH is 5. The molecule has 0 saturated carbocycles. The molecule has 52 heavy (non-hydrogen) atoms. The first-order valence-electron chi connectivity index (χ1n) is 15.8. The molecule has 0 aliphatic carbocycles. The Balaban J connectivity index is 1.33. The molecule has 1 aromatic heterocycles. The van der Waals surface area contributed by atoms with Gasteiger partial charge in [0.05, 0.1) is 18.2 Å². The Morgan fingerprint density at radius 2 is 1.54 bits per heavy atom. The van der Waals surface area contributed by atoms with E-state index in [-0.39, 0.29) is 39.5 Å². The van der Waals surface area contributed by atoms with Crippen LogP contribution in [0.15, 0.2) is 71.2 Å². The minimum absolute atomic E-state index is 0.0162. The van der Waals surface area contributed by atoms with Gasteiger partial charge in [-0.1, -0.05) is 12.1 Å². The van der Waals surface area contributed by atoms with E-state index in [1.807, 2.05) is 0 Å². The molecule has 17 nitrogen and oxygen atoms in total. The van der Waals surface area contributed by atoms with Crippen molar-refractivity contribution in [2.45, 2.75) is 55.3 Å². The topological polar surface area (TPSA) is 277 Å². The molecule has 2 saturated heterocycles. The summed E-state index contributed by atoms with van der Waals surface area (Å²) in [5.41, 5.74) is 0.631. The van der Waals surface area contributed by atoms with Crippen LogP contribution in [0.25, 0.3) is 28.4 Å². The van der Waals surface area contributed by atoms with E-state index >= 15 is 0 Å². The lowest BCUT2D eigenvalue weighted by Crippen LogP contribution is -2.64. The lowest BCUT2D eigenvalue weighted by molar-refractivity contribution is -0.345. The van der Waals surface area contributed by atoms with Crippen LogP contribution in [0.1, 0.15) is 5.56 Å². The van der Waals surface area contributed by atoms with E-state index in [2.05, 4.69) is 0 Å². The van der Waals surface area contributed by atoms with Gasteiger partial charge in [-0.2, -0.15) is 0 Å². The van der Waals surface area contributed by atoms with Crippen molar-refractivity contribution >= 4 is 23.0 Å². The van der Waals surface area contributed by atoms with E-state index in [4.69, 9.17) is 28.1 Å². The normalized spacial score (nSPS) is 27.8. The SMILES string of the molecule is O=C(/C=C/c1ccc(O)cc1)OC[C@@H]1OC(Oc2cc3c(O)cc(O)cc3[o+]c2-c2ccc(O)c(O)c2)C(O[C@@H]2OCC(O)[C@@H](O)[C@@H]2O)[C@H](O)[C@H]1O. The van der Waals surface area contributed by atoms with Crippen LogP contribution in [0.5, 0.6) is 34.5 Å². The lowest BCUT2D eigenvalue weighted by Gasteiger charge is -2.44. The van der Waals surface area contributed by atoms with Gasteiger partial charge in [-0.25, -0.2) is 9.21 Å². The first-order chi connectivity index (χ1) is 24.8. The Morgan fingerprint density at radius 1 is 0.788 bits per heavy atom. The number of carbonyl (C=O) groups excluding carboxylic acids is 1. The first-order valence-corrected chi connectivity index (χ1v) is 15.8.